The van der Waals surface area contributed by atoms with Gasteiger partial charge in [-0.3, -0.25) is 38.4 Å². The zero-order valence-electron chi connectivity index (χ0n) is 48.8. The van der Waals surface area contributed by atoms with Crippen LogP contribution in [0.25, 0.3) is 0 Å². The third kappa shape index (κ3) is 13.6. The molecule has 21 nitrogen and oxygen atoms in total. The molecule has 3 aromatic carbocycles. The summed E-state index contributed by atoms with van der Waals surface area (Å²) in [4.78, 5) is 138. The summed E-state index contributed by atoms with van der Waals surface area (Å²) >= 11 is 0. The van der Waals surface area contributed by atoms with E-state index in [-0.39, 0.29) is 72.3 Å². The van der Waals surface area contributed by atoms with Gasteiger partial charge in [0.1, 0.15) is 42.0 Å². The Balaban J connectivity index is 1.25. The number of ketones is 4. The molecule has 2 saturated carbocycles. The molecule has 1 saturated heterocycles. The van der Waals surface area contributed by atoms with Crippen LogP contribution in [0.5, 0.6) is 0 Å². The lowest BCUT2D eigenvalue weighted by Crippen LogP contribution is -2.82. The first kappa shape index (κ1) is 64.3. The highest BCUT2D eigenvalue weighted by molar-refractivity contribution is 5.98. The van der Waals surface area contributed by atoms with Gasteiger partial charge in [0.15, 0.2) is 23.3 Å². The SMILES string of the molecule is CN[C@H](CCCCNCC(=O)CCC(=O)NCC(=O)O[C@@H](C(=O)O[C@H]1C[C@@]2(O)[C@@H](OC(=O)c3ccccc3)[C@@H]3[C@]4(OC(C)=O)CO[C@@H]4C[C@H](O)[C@@]3(C)C(=O)[C@H](OC(C)=O)C(=C1C)C2(C)C)[C@@H](CC(=O)c1ccccc1)c1ccccc1)C(C)=O. The van der Waals surface area contributed by atoms with Gasteiger partial charge in [-0.2, -0.15) is 0 Å². The molecule has 0 unspecified atom stereocenters. The maximum Gasteiger partial charge on any atom is 0.348 e. The average molecular weight is 1160 g/mol. The molecule has 3 aliphatic carbocycles. The molecular weight excluding hydrogens is 1090 g/mol. The van der Waals surface area contributed by atoms with Gasteiger partial charge in [-0.1, -0.05) is 99.1 Å². The van der Waals surface area contributed by atoms with Gasteiger partial charge in [0.25, 0.3) is 0 Å². The molecule has 1 heterocycles. The number of Topliss-reactive ketones (excluding diaryl/α,β-unsaturated/α-hetero) is 4. The predicted octanol–water partition coefficient (Wildman–Crippen LogP) is 4.57. The van der Waals surface area contributed by atoms with Gasteiger partial charge >= 0.3 is 29.8 Å². The highest BCUT2D eigenvalue weighted by Crippen LogP contribution is 2.64. The molecule has 452 valence electrons. The van der Waals surface area contributed by atoms with E-state index in [1.54, 1.807) is 85.9 Å². The van der Waals surface area contributed by atoms with Crippen LogP contribution in [0.1, 0.15) is 132 Å². The van der Waals surface area contributed by atoms with Gasteiger partial charge in [0.2, 0.25) is 12.0 Å². The van der Waals surface area contributed by atoms with E-state index in [0.717, 1.165) is 20.3 Å². The van der Waals surface area contributed by atoms with Crippen LogP contribution in [0.3, 0.4) is 0 Å². The molecule has 21 heteroatoms. The van der Waals surface area contributed by atoms with E-state index in [4.69, 9.17) is 28.4 Å². The second kappa shape index (κ2) is 27.2. The number of likely N-dealkylation sites (N-methyl/N-ethyl adjacent to an activating group) is 1. The molecule has 0 radical (unpaired) electrons. The molecule has 1 amide bonds. The number of fused-ring (bicyclic) bond motifs is 5. The first-order valence-electron chi connectivity index (χ1n) is 28.4. The number of hydrogen-bond donors (Lipinski definition) is 5. The molecule has 3 aromatic rings. The first-order chi connectivity index (χ1) is 39.8. The van der Waals surface area contributed by atoms with Crippen molar-refractivity contribution in [2.24, 2.45) is 16.7 Å². The summed E-state index contributed by atoms with van der Waals surface area (Å²) in [5, 5.41) is 34.8. The Hall–Kier alpha value is -7.30. The van der Waals surface area contributed by atoms with Gasteiger partial charge in [-0.05, 0) is 76.0 Å². The molecule has 7 rings (SSSR count). The number of unbranched alkanes of at least 4 members (excludes halogenated alkanes) is 1. The number of carbonyl (C=O) groups is 10. The molecular formula is C63H77N3O18. The van der Waals surface area contributed by atoms with Crippen LogP contribution in [0.2, 0.25) is 0 Å². The number of amides is 1. The fourth-order valence-electron chi connectivity index (χ4n) is 12.7. The summed E-state index contributed by atoms with van der Waals surface area (Å²) in [5.74, 6) is -10.4. The van der Waals surface area contributed by atoms with Crippen molar-refractivity contribution < 1.29 is 86.6 Å². The molecule has 3 fully saturated rings. The summed E-state index contributed by atoms with van der Waals surface area (Å²) < 4.78 is 36.9. The number of aliphatic hydroxyl groups is 2. The summed E-state index contributed by atoms with van der Waals surface area (Å²) in [7, 11) is 1.72. The highest BCUT2D eigenvalue weighted by atomic mass is 16.6. The second-order valence-electron chi connectivity index (χ2n) is 23.0. The fourth-order valence-corrected chi connectivity index (χ4v) is 12.7. The number of aliphatic hydroxyl groups excluding tert-OH is 1. The van der Waals surface area contributed by atoms with Crippen molar-refractivity contribution in [3.8, 4) is 0 Å². The average Bonchev–Trinajstić information content (AvgIpc) is 0.683. The van der Waals surface area contributed by atoms with E-state index < -0.39 is 137 Å². The maximum atomic E-state index is 15.8. The maximum absolute atomic E-state index is 15.8. The van der Waals surface area contributed by atoms with Gasteiger partial charge in [-0.25, -0.2) is 9.59 Å². The molecule has 1 aliphatic heterocycles. The van der Waals surface area contributed by atoms with Gasteiger partial charge < -0.3 is 54.6 Å². The van der Waals surface area contributed by atoms with Crippen LogP contribution < -0.4 is 16.0 Å². The van der Waals surface area contributed by atoms with E-state index in [1.165, 1.54) is 46.8 Å². The molecule has 4 aliphatic rings. The smallest absolute Gasteiger partial charge is 0.348 e. The van der Waals surface area contributed by atoms with Crippen LogP contribution in [-0.2, 0) is 66.8 Å². The lowest BCUT2D eigenvalue weighted by atomic mass is 9.44. The van der Waals surface area contributed by atoms with E-state index in [2.05, 4.69) is 16.0 Å². The highest BCUT2D eigenvalue weighted by Gasteiger charge is 2.78. The number of nitrogens with one attached hydrogen (secondary N) is 3. The zero-order valence-corrected chi connectivity index (χ0v) is 48.8. The lowest BCUT2D eigenvalue weighted by molar-refractivity contribution is -0.346. The minimum Gasteiger partial charge on any atom is -0.455 e. The minimum atomic E-state index is -2.52. The number of rotatable bonds is 26. The van der Waals surface area contributed by atoms with Crippen molar-refractivity contribution in [1.82, 2.24) is 16.0 Å². The Morgan fingerprint density at radius 2 is 1.42 bits per heavy atom. The van der Waals surface area contributed by atoms with Crippen LogP contribution in [0.4, 0.5) is 0 Å². The van der Waals surface area contributed by atoms with E-state index in [0.29, 0.717) is 24.9 Å². The van der Waals surface area contributed by atoms with Crippen molar-refractivity contribution in [2.75, 3.05) is 33.3 Å². The van der Waals surface area contributed by atoms with Crippen molar-refractivity contribution >= 4 is 58.9 Å². The van der Waals surface area contributed by atoms with E-state index >= 15 is 9.59 Å². The molecule has 0 spiro atoms. The third-order valence-electron chi connectivity index (χ3n) is 17.3. The second-order valence-corrected chi connectivity index (χ2v) is 23.0. The topological polar surface area (TPSA) is 303 Å². The van der Waals surface area contributed by atoms with Crippen molar-refractivity contribution in [3.05, 3.63) is 119 Å². The monoisotopic (exact) mass is 1160 g/mol. The Bertz CT molecular complexity index is 2990. The first-order valence-corrected chi connectivity index (χ1v) is 28.4. The quantitative estimate of drug-likeness (QED) is 0.0242. The number of benzene rings is 3. The Morgan fingerprint density at radius 3 is 2.00 bits per heavy atom. The zero-order chi connectivity index (χ0) is 61.3. The number of carbonyl (C=O) groups excluding carboxylic acids is 10. The summed E-state index contributed by atoms with van der Waals surface area (Å²) in [6.45, 7) is 8.96. The largest absolute Gasteiger partial charge is 0.455 e. The normalized spacial score (nSPS) is 26.8. The Labute approximate surface area is 488 Å². The predicted molar refractivity (Wildman–Crippen MR) is 301 cm³/mol. The van der Waals surface area contributed by atoms with Crippen LogP contribution >= 0.6 is 0 Å². The third-order valence-corrected chi connectivity index (χ3v) is 17.3. The number of esters is 5. The van der Waals surface area contributed by atoms with E-state index in [1.807, 2.05) is 0 Å². The Morgan fingerprint density at radius 1 is 0.786 bits per heavy atom. The molecule has 2 bridgehead atoms. The van der Waals surface area contributed by atoms with Crippen molar-refractivity contribution in [2.45, 2.75) is 160 Å². The standard InChI is InChI=1S/C63H77N3O18/c1-36-47(32-63(78)57(83-58(76)42-24-16-11-17-25-42)55-61(7,48(72)31-49-62(55,35-79-49)84-39(4)69)56(75)54(80-38(3)68)52(36)60(63,5)6)81-59(77)53(44(40-20-12-9-13-21-40)30-46(71)41-22-14-10-15-23-41)82-51(74)34-66-50(73)28-27-43(70)33-65-29-19-18-26-45(64-8)37(2)67/h9-17,20-25,44-45,47-49,53-55,57,64-65,72,78H,18-19,26-35H2,1-8H3,(H,66,73)/t44-,45+,47-,48-,49+,53+,54+,55-,57-,61+,62-,63+/m0/s1. The van der Waals surface area contributed by atoms with Crippen molar-refractivity contribution in [3.63, 3.8) is 0 Å². The molecule has 84 heavy (non-hydrogen) atoms. The molecule has 12 atom stereocenters. The minimum absolute atomic E-state index is 0.0102. The molecule has 5 N–H and O–H groups in total. The summed E-state index contributed by atoms with van der Waals surface area (Å²) in [6, 6.07) is 23.9. The summed E-state index contributed by atoms with van der Waals surface area (Å²) in [6.07, 6.45) is -9.91. The summed E-state index contributed by atoms with van der Waals surface area (Å²) in [5.41, 5.74) is -7.65. The lowest BCUT2D eigenvalue weighted by Gasteiger charge is -2.67. The van der Waals surface area contributed by atoms with Crippen molar-refractivity contribution in [1.29, 1.82) is 0 Å². The van der Waals surface area contributed by atoms with Gasteiger partial charge in [0, 0.05) is 62.8 Å². The Kier molecular flexibility index (Phi) is 20.8. The van der Waals surface area contributed by atoms with Crippen LogP contribution in [0, 0.1) is 16.7 Å². The van der Waals surface area contributed by atoms with Crippen LogP contribution in [0.15, 0.2) is 102 Å². The number of ether oxygens (including phenoxy) is 6. The van der Waals surface area contributed by atoms with Gasteiger partial charge in [0.05, 0.1) is 42.2 Å². The van der Waals surface area contributed by atoms with Crippen LogP contribution in [-0.4, -0.2) is 156 Å². The molecule has 0 aromatic heterocycles. The van der Waals surface area contributed by atoms with Gasteiger partial charge in [-0.15, -0.1) is 0 Å². The fraction of sp³-hybridized carbons (Fsp3) is 0.524. The van der Waals surface area contributed by atoms with E-state index in [9.17, 15) is 48.6 Å². The number of hydrogen-bond acceptors (Lipinski definition) is 20.